The van der Waals surface area contributed by atoms with Gasteiger partial charge in [0.15, 0.2) is 11.5 Å². The minimum atomic E-state index is -0.364. The van der Waals surface area contributed by atoms with Gasteiger partial charge in [0.1, 0.15) is 11.6 Å². The Kier molecular flexibility index (Phi) is 4.66. The van der Waals surface area contributed by atoms with Crippen molar-refractivity contribution in [3.63, 3.8) is 0 Å². The standard InChI is InChI=1S/C23H20FN7/c1-15-19(16(2)30(28-15)17-8-4-3-5-9-17)14-25-21-12-13-22-26-27-23(31(22)29-21)18-10-6-7-11-20(18)24/h3-13H,14H2,1-2H3,(H,25,29). The summed E-state index contributed by atoms with van der Waals surface area (Å²) in [7, 11) is 0. The minimum Gasteiger partial charge on any atom is -0.364 e. The Labute approximate surface area is 178 Å². The zero-order valence-corrected chi connectivity index (χ0v) is 17.1. The highest BCUT2D eigenvalue weighted by molar-refractivity contribution is 5.60. The van der Waals surface area contributed by atoms with Crippen LogP contribution in [0.5, 0.6) is 0 Å². The van der Waals surface area contributed by atoms with Crippen molar-refractivity contribution < 1.29 is 4.39 Å². The zero-order chi connectivity index (χ0) is 21.4. The Hall–Kier alpha value is -4.07. The Bertz CT molecular complexity index is 1370. The summed E-state index contributed by atoms with van der Waals surface area (Å²) in [6.45, 7) is 4.60. The first-order valence-corrected chi connectivity index (χ1v) is 9.93. The Morgan fingerprint density at radius 2 is 1.65 bits per heavy atom. The maximum absolute atomic E-state index is 14.2. The average Bonchev–Trinajstić information content (AvgIpc) is 3.33. The second-order valence-corrected chi connectivity index (χ2v) is 7.24. The molecule has 0 atom stereocenters. The molecule has 31 heavy (non-hydrogen) atoms. The SMILES string of the molecule is Cc1nn(-c2ccccc2)c(C)c1CNc1ccc2nnc(-c3ccccc3F)n2n1. The topological polar surface area (TPSA) is 72.9 Å². The molecule has 0 aliphatic carbocycles. The summed E-state index contributed by atoms with van der Waals surface area (Å²) in [5.74, 6) is 0.633. The Balaban J connectivity index is 1.44. The van der Waals surface area contributed by atoms with Crippen molar-refractivity contribution >= 4 is 11.5 Å². The van der Waals surface area contributed by atoms with Crippen molar-refractivity contribution in [1.82, 2.24) is 29.6 Å². The molecule has 3 heterocycles. The van der Waals surface area contributed by atoms with Crippen LogP contribution < -0.4 is 5.32 Å². The van der Waals surface area contributed by atoms with Gasteiger partial charge in [-0.3, -0.25) is 0 Å². The maximum atomic E-state index is 14.2. The molecule has 0 saturated carbocycles. The van der Waals surface area contributed by atoms with Crippen LogP contribution in [-0.2, 0) is 6.54 Å². The van der Waals surface area contributed by atoms with E-state index in [0.717, 1.165) is 22.6 Å². The van der Waals surface area contributed by atoms with E-state index >= 15 is 0 Å². The van der Waals surface area contributed by atoms with Crippen molar-refractivity contribution in [3.05, 3.63) is 89.5 Å². The van der Waals surface area contributed by atoms with E-state index in [1.54, 1.807) is 28.8 Å². The van der Waals surface area contributed by atoms with E-state index in [2.05, 4.69) is 32.6 Å². The molecular weight excluding hydrogens is 393 g/mol. The molecule has 1 N–H and O–H groups in total. The molecule has 0 bridgehead atoms. The molecule has 0 saturated heterocycles. The molecule has 0 fully saturated rings. The second-order valence-electron chi connectivity index (χ2n) is 7.24. The number of nitrogens with zero attached hydrogens (tertiary/aromatic N) is 6. The van der Waals surface area contributed by atoms with Crippen molar-refractivity contribution in [2.24, 2.45) is 0 Å². The molecule has 0 aliphatic rings. The van der Waals surface area contributed by atoms with Crippen molar-refractivity contribution in [2.45, 2.75) is 20.4 Å². The first-order valence-electron chi connectivity index (χ1n) is 9.93. The number of rotatable bonds is 5. The van der Waals surface area contributed by atoms with Crippen LogP contribution in [-0.4, -0.2) is 29.6 Å². The summed E-state index contributed by atoms with van der Waals surface area (Å²) in [6.07, 6.45) is 0. The van der Waals surface area contributed by atoms with Gasteiger partial charge in [-0.15, -0.1) is 15.3 Å². The Morgan fingerprint density at radius 1 is 0.871 bits per heavy atom. The molecule has 2 aromatic carbocycles. The molecule has 5 rings (SSSR count). The van der Waals surface area contributed by atoms with Gasteiger partial charge in [0, 0.05) is 17.8 Å². The third-order valence-electron chi connectivity index (χ3n) is 5.27. The van der Waals surface area contributed by atoms with E-state index < -0.39 is 0 Å². The van der Waals surface area contributed by atoms with Gasteiger partial charge in [-0.05, 0) is 50.2 Å². The molecule has 7 nitrogen and oxygen atoms in total. The van der Waals surface area contributed by atoms with Crippen LogP contribution in [0.4, 0.5) is 10.2 Å². The first-order chi connectivity index (χ1) is 15.1. The molecule has 0 amide bonds. The number of anilines is 1. The number of para-hydroxylation sites is 1. The quantitative estimate of drug-likeness (QED) is 0.464. The molecule has 0 radical (unpaired) electrons. The van der Waals surface area contributed by atoms with Crippen LogP contribution in [0.3, 0.4) is 0 Å². The largest absolute Gasteiger partial charge is 0.364 e. The summed E-state index contributed by atoms with van der Waals surface area (Å²) in [4.78, 5) is 0. The van der Waals surface area contributed by atoms with E-state index in [0.29, 0.717) is 29.4 Å². The van der Waals surface area contributed by atoms with Gasteiger partial charge < -0.3 is 5.32 Å². The normalized spacial score (nSPS) is 11.2. The summed E-state index contributed by atoms with van der Waals surface area (Å²) in [5, 5.41) is 20.8. The number of aromatic nitrogens is 6. The van der Waals surface area contributed by atoms with Gasteiger partial charge in [-0.1, -0.05) is 30.3 Å². The Morgan fingerprint density at radius 3 is 2.45 bits per heavy atom. The summed E-state index contributed by atoms with van der Waals surface area (Å²) in [5.41, 5.74) is 5.04. The highest BCUT2D eigenvalue weighted by Gasteiger charge is 2.15. The predicted octanol–water partition coefficient (Wildman–Crippen LogP) is 4.35. The molecule has 3 aromatic heterocycles. The summed E-state index contributed by atoms with van der Waals surface area (Å²) >= 11 is 0. The van der Waals surface area contributed by atoms with Crippen LogP contribution in [0, 0.1) is 19.7 Å². The number of hydrogen-bond donors (Lipinski definition) is 1. The number of fused-ring (bicyclic) bond motifs is 1. The number of halogens is 1. The van der Waals surface area contributed by atoms with E-state index in [1.165, 1.54) is 6.07 Å². The number of hydrogen-bond acceptors (Lipinski definition) is 5. The van der Waals surface area contributed by atoms with Gasteiger partial charge in [-0.2, -0.15) is 9.61 Å². The maximum Gasteiger partial charge on any atom is 0.188 e. The third-order valence-corrected chi connectivity index (χ3v) is 5.27. The molecule has 0 spiro atoms. The van der Waals surface area contributed by atoms with E-state index in [9.17, 15) is 4.39 Å². The van der Waals surface area contributed by atoms with Crippen LogP contribution >= 0.6 is 0 Å². The lowest BCUT2D eigenvalue weighted by atomic mass is 10.2. The molecule has 8 heteroatoms. The van der Waals surface area contributed by atoms with E-state index in [4.69, 9.17) is 0 Å². The minimum absolute atomic E-state index is 0.357. The van der Waals surface area contributed by atoms with Crippen LogP contribution in [0.15, 0.2) is 66.7 Å². The number of benzene rings is 2. The number of nitrogens with one attached hydrogen (secondary N) is 1. The van der Waals surface area contributed by atoms with Crippen molar-refractivity contribution in [3.8, 4) is 17.1 Å². The third kappa shape index (κ3) is 3.42. The molecule has 5 aromatic rings. The lowest BCUT2D eigenvalue weighted by molar-refractivity contribution is 0.629. The molecule has 0 aliphatic heterocycles. The van der Waals surface area contributed by atoms with Gasteiger partial charge >= 0.3 is 0 Å². The van der Waals surface area contributed by atoms with Crippen LogP contribution in [0.1, 0.15) is 17.0 Å². The van der Waals surface area contributed by atoms with Gasteiger partial charge in [-0.25, -0.2) is 9.07 Å². The second kappa shape index (κ2) is 7.64. The first kappa shape index (κ1) is 18.9. The smallest absolute Gasteiger partial charge is 0.188 e. The fourth-order valence-electron chi connectivity index (χ4n) is 3.62. The van der Waals surface area contributed by atoms with Gasteiger partial charge in [0.2, 0.25) is 0 Å². The lowest BCUT2D eigenvalue weighted by Crippen LogP contribution is -2.07. The predicted molar refractivity (Wildman–Crippen MR) is 117 cm³/mol. The van der Waals surface area contributed by atoms with Crippen molar-refractivity contribution in [2.75, 3.05) is 5.32 Å². The fourth-order valence-corrected chi connectivity index (χ4v) is 3.62. The lowest BCUT2D eigenvalue weighted by Gasteiger charge is -2.08. The molecule has 154 valence electrons. The molecule has 0 unspecified atom stereocenters. The van der Waals surface area contributed by atoms with Crippen LogP contribution in [0.25, 0.3) is 22.7 Å². The van der Waals surface area contributed by atoms with E-state index in [-0.39, 0.29) is 5.82 Å². The average molecular weight is 413 g/mol. The summed E-state index contributed by atoms with van der Waals surface area (Å²) in [6, 6.07) is 20.1. The van der Waals surface area contributed by atoms with Crippen LogP contribution in [0.2, 0.25) is 0 Å². The van der Waals surface area contributed by atoms with Gasteiger partial charge in [0.05, 0.1) is 16.9 Å². The molecular formula is C23H20FN7. The fraction of sp³-hybridized carbons (Fsp3) is 0.130. The zero-order valence-electron chi connectivity index (χ0n) is 17.1. The van der Waals surface area contributed by atoms with Gasteiger partial charge in [0.25, 0.3) is 0 Å². The highest BCUT2D eigenvalue weighted by Crippen LogP contribution is 2.22. The van der Waals surface area contributed by atoms with Crippen molar-refractivity contribution in [1.29, 1.82) is 0 Å². The van der Waals surface area contributed by atoms with E-state index in [1.807, 2.05) is 48.0 Å². The number of aryl methyl sites for hydroxylation is 1. The monoisotopic (exact) mass is 413 g/mol. The summed E-state index contributed by atoms with van der Waals surface area (Å²) < 4.78 is 17.7. The highest BCUT2D eigenvalue weighted by atomic mass is 19.1.